The second-order valence-corrected chi connectivity index (χ2v) is 4.52. The molecule has 0 fully saturated rings. The van der Waals surface area contributed by atoms with E-state index in [0.717, 1.165) is 11.3 Å². The third kappa shape index (κ3) is 3.37. The molecule has 0 aromatic heterocycles. The lowest BCUT2D eigenvalue weighted by molar-refractivity contribution is 0.199. The minimum Gasteiger partial charge on any atom is -0.392 e. The van der Waals surface area contributed by atoms with Gasteiger partial charge in [0.1, 0.15) is 0 Å². The van der Waals surface area contributed by atoms with Crippen molar-refractivity contribution in [2.24, 2.45) is 0 Å². The molecule has 1 rings (SSSR count). The molecule has 2 atom stereocenters. The zero-order valence-corrected chi connectivity index (χ0v) is 10.6. The largest absolute Gasteiger partial charge is 0.392 e. The van der Waals surface area contributed by atoms with Crippen LogP contribution in [0.5, 0.6) is 0 Å². The van der Waals surface area contributed by atoms with Crippen molar-refractivity contribution in [1.29, 1.82) is 0 Å². The van der Waals surface area contributed by atoms with Crippen LogP contribution < -0.4 is 4.90 Å². The van der Waals surface area contributed by atoms with Crippen LogP contribution in [0, 0.1) is 0 Å². The molecule has 0 saturated carbocycles. The number of anilines is 1. The smallest absolute Gasteiger partial charge is 0.0776 e. The van der Waals surface area contributed by atoms with Gasteiger partial charge in [0.25, 0.3) is 0 Å². The maximum Gasteiger partial charge on any atom is 0.0776 e. The van der Waals surface area contributed by atoms with Gasteiger partial charge in [-0.05, 0) is 31.5 Å². The van der Waals surface area contributed by atoms with Crippen molar-refractivity contribution in [3.63, 3.8) is 0 Å². The zero-order valence-electron chi connectivity index (χ0n) is 9.81. The maximum absolute atomic E-state index is 9.44. The molecule has 0 aliphatic heterocycles. The van der Waals surface area contributed by atoms with E-state index >= 15 is 0 Å². The van der Waals surface area contributed by atoms with Crippen LogP contribution in [0.25, 0.3) is 0 Å². The number of halogens is 1. The molecular weight excluding hydrogens is 226 g/mol. The second kappa shape index (κ2) is 5.53. The number of nitrogens with zero attached hydrogens (tertiary/aromatic N) is 1. The lowest BCUT2D eigenvalue weighted by Gasteiger charge is -2.22. The Balaban J connectivity index is 2.88. The molecule has 1 aromatic carbocycles. The van der Waals surface area contributed by atoms with Gasteiger partial charge in [-0.25, -0.2) is 0 Å². The van der Waals surface area contributed by atoms with Crippen molar-refractivity contribution < 1.29 is 10.2 Å². The molecule has 0 saturated heterocycles. The van der Waals surface area contributed by atoms with Gasteiger partial charge in [0.15, 0.2) is 0 Å². The Kier molecular flexibility index (Phi) is 4.59. The lowest BCUT2D eigenvalue weighted by atomic mass is 10.1. The Bertz CT molecular complexity index is 353. The number of likely N-dealkylation sites (N-methyl/N-ethyl adjacent to an activating group) is 1. The molecular formula is C12H18ClNO2. The third-order valence-electron chi connectivity index (χ3n) is 2.41. The summed E-state index contributed by atoms with van der Waals surface area (Å²) in [4.78, 5) is 1.92. The highest BCUT2D eigenvalue weighted by molar-refractivity contribution is 6.31. The molecule has 0 radical (unpaired) electrons. The van der Waals surface area contributed by atoms with Crippen molar-refractivity contribution in [2.75, 3.05) is 18.5 Å². The molecule has 3 nitrogen and oxygen atoms in total. The van der Waals surface area contributed by atoms with Gasteiger partial charge in [-0.3, -0.25) is 0 Å². The van der Waals surface area contributed by atoms with Crippen LogP contribution >= 0.6 is 11.6 Å². The average molecular weight is 244 g/mol. The van der Waals surface area contributed by atoms with Gasteiger partial charge < -0.3 is 15.1 Å². The average Bonchev–Trinajstić information content (AvgIpc) is 2.15. The zero-order chi connectivity index (χ0) is 12.3. The van der Waals surface area contributed by atoms with E-state index < -0.39 is 6.10 Å². The normalized spacial score (nSPS) is 14.6. The molecule has 0 aliphatic rings. The summed E-state index contributed by atoms with van der Waals surface area (Å²) in [6.07, 6.45) is -0.955. The highest BCUT2D eigenvalue weighted by Gasteiger charge is 2.10. The quantitative estimate of drug-likeness (QED) is 0.852. The summed E-state index contributed by atoms with van der Waals surface area (Å²) in [5, 5.41) is 19.3. The first-order chi connectivity index (χ1) is 7.41. The van der Waals surface area contributed by atoms with Crippen LogP contribution in [0.1, 0.15) is 25.5 Å². The Morgan fingerprint density at radius 1 is 1.31 bits per heavy atom. The van der Waals surface area contributed by atoms with Gasteiger partial charge in [0.05, 0.1) is 12.2 Å². The van der Waals surface area contributed by atoms with Gasteiger partial charge in [-0.1, -0.05) is 17.7 Å². The summed E-state index contributed by atoms with van der Waals surface area (Å²) in [7, 11) is 1.89. The Labute approximate surface area is 101 Å². The molecule has 2 N–H and O–H groups in total. The van der Waals surface area contributed by atoms with Crippen molar-refractivity contribution >= 4 is 17.3 Å². The minimum absolute atomic E-state index is 0.389. The van der Waals surface area contributed by atoms with E-state index in [1.165, 1.54) is 0 Å². The molecule has 0 aliphatic carbocycles. The van der Waals surface area contributed by atoms with Crippen molar-refractivity contribution in [3.8, 4) is 0 Å². The van der Waals surface area contributed by atoms with E-state index in [9.17, 15) is 10.2 Å². The lowest BCUT2D eigenvalue weighted by Crippen LogP contribution is -2.26. The maximum atomic E-state index is 9.44. The Hall–Kier alpha value is -0.770. The highest BCUT2D eigenvalue weighted by Crippen LogP contribution is 2.27. The van der Waals surface area contributed by atoms with E-state index in [1.54, 1.807) is 26.0 Å². The second-order valence-electron chi connectivity index (χ2n) is 4.11. The summed E-state index contributed by atoms with van der Waals surface area (Å²) in [5.41, 5.74) is 1.64. The summed E-state index contributed by atoms with van der Waals surface area (Å²) in [5.74, 6) is 0. The molecule has 4 heteroatoms. The summed E-state index contributed by atoms with van der Waals surface area (Å²) >= 11 is 6.06. The van der Waals surface area contributed by atoms with Crippen LogP contribution in [0.3, 0.4) is 0 Å². The molecule has 1 aromatic rings. The fraction of sp³-hybridized carbons (Fsp3) is 0.500. The summed E-state index contributed by atoms with van der Waals surface area (Å²) in [6, 6.07) is 5.49. The van der Waals surface area contributed by atoms with E-state index in [-0.39, 0.29) is 6.10 Å². The molecule has 2 unspecified atom stereocenters. The molecule has 0 amide bonds. The van der Waals surface area contributed by atoms with Crippen molar-refractivity contribution in [2.45, 2.75) is 26.1 Å². The molecule has 90 valence electrons. The summed E-state index contributed by atoms with van der Waals surface area (Å²) in [6.45, 7) is 3.97. The first-order valence-electron chi connectivity index (χ1n) is 5.28. The minimum atomic E-state index is -0.566. The SMILES string of the molecule is CC(O)CN(C)c1ccc(C(C)O)c(Cl)c1. The Morgan fingerprint density at radius 2 is 1.94 bits per heavy atom. The van der Waals surface area contributed by atoms with E-state index in [4.69, 9.17) is 11.6 Å². The highest BCUT2D eigenvalue weighted by atomic mass is 35.5. The summed E-state index contributed by atoms with van der Waals surface area (Å²) < 4.78 is 0. The first-order valence-corrected chi connectivity index (χ1v) is 5.66. The van der Waals surface area contributed by atoms with Gasteiger partial charge >= 0.3 is 0 Å². The van der Waals surface area contributed by atoms with Crippen molar-refractivity contribution in [1.82, 2.24) is 0 Å². The van der Waals surface area contributed by atoms with Crippen LogP contribution in [-0.4, -0.2) is 29.9 Å². The van der Waals surface area contributed by atoms with Gasteiger partial charge in [0.2, 0.25) is 0 Å². The van der Waals surface area contributed by atoms with E-state index in [0.29, 0.717) is 11.6 Å². The topological polar surface area (TPSA) is 43.7 Å². The fourth-order valence-electron chi connectivity index (χ4n) is 1.59. The monoisotopic (exact) mass is 243 g/mol. The van der Waals surface area contributed by atoms with Gasteiger partial charge in [0, 0.05) is 24.3 Å². The molecule has 0 bridgehead atoms. The van der Waals surface area contributed by atoms with Crippen LogP contribution in [0.15, 0.2) is 18.2 Å². The van der Waals surface area contributed by atoms with Gasteiger partial charge in [-0.15, -0.1) is 0 Å². The predicted octanol–water partition coefficient (Wildman–Crippen LogP) is 2.21. The third-order valence-corrected chi connectivity index (χ3v) is 2.74. The molecule has 0 heterocycles. The molecule has 16 heavy (non-hydrogen) atoms. The van der Waals surface area contributed by atoms with Crippen molar-refractivity contribution in [3.05, 3.63) is 28.8 Å². The standard InChI is InChI=1S/C12H18ClNO2/c1-8(15)7-14(3)10-4-5-11(9(2)16)12(13)6-10/h4-6,8-9,15-16H,7H2,1-3H3. The van der Waals surface area contributed by atoms with Crippen LogP contribution in [0.4, 0.5) is 5.69 Å². The number of hydrogen-bond donors (Lipinski definition) is 2. The Morgan fingerprint density at radius 3 is 2.38 bits per heavy atom. The molecule has 0 spiro atoms. The fourth-order valence-corrected chi connectivity index (χ4v) is 1.93. The van der Waals surface area contributed by atoms with Gasteiger partial charge in [-0.2, -0.15) is 0 Å². The first kappa shape index (κ1) is 13.3. The van der Waals surface area contributed by atoms with E-state index in [2.05, 4.69) is 0 Å². The van der Waals surface area contributed by atoms with Crippen LogP contribution in [-0.2, 0) is 0 Å². The number of rotatable bonds is 4. The number of benzene rings is 1. The van der Waals surface area contributed by atoms with Crippen LogP contribution in [0.2, 0.25) is 5.02 Å². The van der Waals surface area contributed by atoms with E-state index in [1.807, 2.05) is 18.0 Å². The predicted molar refractivity (Wildman–Crippen MR) is 67.0 cm³/mol. The number of hydrogen-bond acceptors (Lipinski definition) is 3. The number of aliphatic hydroxyl groups excluding tert-OH is 2. The number of aliphatic hydroxyl groups is 2.